The molecule has 3 rings (SSSR count). The number of anilines is 1. The molecule has 6 nitrogen and oxygen atoms in total. The van der Waals surface area contributed by atoms with Gasteiger partial charge in [0.15, 0.2) is 0 Å². The van der Waals surface area contributed by atoms with Gasteiger partial charge in [-0.25, -0.2) is 4.90 Å². The zero-order valence-electron chi connectivity index (χ0n) is 13.9. The van der Waals surface area contributed by atoms with Gasteiger partial charge in [-0.1, -0.05) is 12.1 Å². The van der Waals surface area contributed by atoms with Crippen LogP contribution in [0.4, 0.5) is 5.69 Å². The molecule has 2 aromatic carbocycles. The number of aromatic hydroxyl groups is 1. The molecule has 0 aromatic heterocycles. The summed E-state index contributed by atoms with van der Waals surface area (Å²) in [5.74, 6) is 0.452. The number of hydrogen-bond acceptors (Lipinski definition) is 5. The van der Waals surface area contributed by atoms with E-state index in [-0.39, 0.29) is 24.0 Å². The molecule has 1 atom stereocenters. The van der Waals surface area contributed by atoms with Crippen molar-refractivity contribution in [2.45, 2.75) is 18.9 Å². The molecule has 0 aliphatic carbocycles. The first-order valence-electron chi connectivity index (χ1n) is 8.10. The van der Waals surface area contributed by atoms with E-state index < -0.39 is 6.04 Å². The summed E-state index contributed by atoms with van der Waals surface area (Å²) in [5, 5.41) is 12.4. The van der Waals surface area contributed by atoms with Crippen molar-refractivity contribution in [1.82, 2.24) is 5.32 Å². The van der Waals surface area contributed by atoms with E-state index in [4.69, 9.17) is 4.74 Å². The van der Waals surface area contributed by atoms with Crippen molar-refractivity contribution in [3.05, 3.63) is 54.1 Å². The number of nitrogens with zero attached hydrogens (tertiary/aromatic N) is 1. The van der Waals surface area contributed by atoms with E-state index in [9.17, 15) is 14.7 Å². The van der Waals surface area contributed by atoms with Crippen molar-refractivity contribution in [2.24, 2.45) is 0 Å². The van der Waals surface area contributed by atoms with Crippen LogP contribution in [0.3, 0.4) is 0 Å². The first-order valence-corrected chi connectivity index (χ1v) is 8.10. The maximum Gasteiger partial charge on any atom is 0.251 e. The second-order valence-electron chi connectivity index (χ2n) is 5.89. The lowest BCUT2D eigenvalue weighted by Crippen LogP contribution is -2.39. The fraction of sp³-hybridized carbons (Fsp3) is 0.263. The highest BCUT2D eigenvalue weighted by molar-refractivity contribution is 6.22. The molecule has 130 valence electrons. The molecule has 0 radical (unpaired) electrons. The Morgan fingerprint density at radius 1 is 1.12 bits per heavy atom. The van der Waals surface area contributed by atoms with E-state index in [1.165, 1.54) is 4.90 Å². The van der Waals surface area contributed by atoms with Crippen molar-refractivity contribution in [3.63, 3.8) is 0 Å². The fourth-order valence-electron chi connectivity index (χ4n) is 2.85. The molecule has 2 aromatic rings. The molecule has 1 aliphatic heterocycles. The number of methoxy groups -OCH3 is 1. The number of benzene rings is 2. The van der Waals surface area contributed by atoms with Gasteiger partial charge in [-0.2, -0.15) is 0 Å². The molecule has 0 saturated carbocycles. The van der Waals surface area contributed by atoms with Crippen LogP contribution in [0.1, 0.15) is 12.0 Å². The standard InChI is InChI=1S/C19H20N2O4/c1-25-16-8-4-14(5-9-16)21-18(23)12-17(19(21)24)20-11-10-13-2-6-15(22)7-3-13/h2-9,17,20,22H,10-12H2,1H3. The van der Waals surface area contributed by atoms with Gasteiger partial charge in [0.25, 0.3) is 5.91 Å². The quantitative estimate of drug-likeness (QED) is 0.785. The Morgan fingerprint density at radius 3 is 2.44 bits per heavy atom. The number of hydrogen-bond donors (Lipinski definition) is 2. The topological polar surface area (TPSA) is 78.9 Å². The van der Waals surface area contributed by atoms with Gasteiger partial charge >= 0.3 is 0 Å². The summed E-state index contributed by atoms with van der Waals surface area (Å²) < 4.78 is 5.09. The van der Waals surface area contributed by atoms with Gasteiger partial charge in [0.2, 0.25) is 5.91 Å². The van der Waals surface area contributed by atoms with Crippen LogP contribution in [0.2, 0.25) is 0 Å². The third kappa shape index (κ3) is 3.80. The Bertz CT molecular complexity index is 756. The zero-order valence-corrected chi connectivity index (χ0v) is 13.9. The number of phenols is 1. The van der Waals surface area contributed by atoms with Gasteiger partial charge in [-0.15, -0.1) is 0 Å². The predicted octanol–water partition coefficient (Wildman–Crippen LogP) is 1.86. The van der Waals surface area contributed by atoms with Gasteiger partial charge in [-0.3, -0.25) is 9.59 Å². The van der Waals surface area contributed by atoms with Gasteiger partial charge in [0.05, 0.1) is 25.3 Å². The van der Waals surface area contributed by atoms with Crippen LogP contribution in [0.25, 0.3) is 0 Å². The van der Waals surface area contributed by atoms with Crippen LogP contribution in [0, 0.1) is 0 Å². The average Bonchev–Trinajstić information content (AvgIpc) is 2.90. The van der Waals surface area contributed by atoms with Crippen LogP contribution < -0.4 is 15.0 Å². The first kappa shape index (κ1) is 17.0. The molecule has 0 spiro atoms. The lowest BCUT2D eigenvalue weighted by molar-refractivity contribution is -0.121. The molecular formula is C19H20N2O4. The monoisotopic (exact) mass is 340 g/mol. The predicted molar refractivity (Wildman–Crippen MR) is 93.7 cm³/mol. The summed E-state index contributed by atoms with van der Waals surface area (Å²) in [4.78, 5) is 26.0. The van der Waals surface area contributed by atoms with Crippen LogP contribution in [-0.4, -0.2) is 36.6 Å². The molecule has 1 fully saturated rings. The van der Waals surface area contributed by atoms with Crippen molar-refractivity contribution in [3.8, 4) is 11.5 Å². The van der Waals surface area contributed by atoms with Gasteiger partial charge in [-0.05, 0) is 54.9 Å². The lowest BCUT2D eigenvalue weighted by atomic mass is 10.1. The molecule has 2 amide bonds. The lowest BCUT2D eigenvalue weighted by Gasteiger charge is -2.16. The van der Waals surface area contributed by atoms with Crippen molar-refractivity contribution in [2.75, 3.05) is 18.6 Å². The number of ether oxygens (including phenoxy) is 1. The highest BCUT2D eigenvalue weighted by atomic mass is 16.5. The van der Waals surface area contributed by atoms with Crippen LogP contribution in [-0.2, 0) is 16.0 Å². The van der Waals surface area contributed by atoms with E-state index in [0.29, 0.717) is 24.4 Å². The third-order valence-electron chi connectivity index (χ3n) is 4.22. The van der Waals surface area contributed by atoms with Crippen LogP contribution >= 0.6 is 0 Å². The summed E-state index contributed by atoms with van der Waals surface area (Å²) >= 11 is 0. The van der Waals surface area contributed by atoms with Gasteiger partial charge in [0, 0.05) is 0 Å². The Balaban J connectivity index is 1.59. The molecule has 6 heteroatoms. The second-order valence-corrected chi connectivity index (χ2v) is 5.89. The minimum absolute atomic E-state index is 0.153. The Hall–Kier alpha value is -2.86. The first-order chi connectivity index (χ1) is 12.1. The number of carbonyl (C=O) groups is 2. The molecule has 0 bridgehead atoms. The van der Waals surface area contributed by atoms with E-state index >= 15 is 0 Å². The maximum absolute atomic E-state index is 12.5. The van der Waals surface area contributed by atoms with Crippen molar-refractivity contribution < 1.29 is 19.4 Å². The van der Waals surface area contributed by atoms with Gasteiger partial charge < -0.3 is 15.2 Å². The molecular weight excluding hydrogens is 320 g/mol. The van der Waals surface area contributed by atoms with E-state index in [1.807, 2.05) is 12.1 Å². The largest absolute Gasteiger partial charge is 0.508 e. The summed E-state index contributed by atoms with van der Waals surface area (Å²) in [5.41, 5.74) is 1.60. The molecule has 1 saturated heterocycles. The van der Waals surface area contributed by atoms with E-state index in [2.05, 4.69) is 5.32 Å². The smallest absolute Gasteiger partial charge is 0.251 e. The average molecular weight is 340 g/mol. The van der Waals surface area contributed by atoms with E-state index in [0.717, 1.165) is 5.56 Å². The summed E-state index contributed by atoms with van der Waals surface area (Å²) in [6, 6.07) is 13.3. The third-order valence-corrected chi connectivity index (χ3v) is 4.22. The number of nitrogens with one attached hydrogen (secondary N) is 1. The Morgan fingerprint density at radius 2 is 1.80 bits per heavy atom. The Kier molecular flexibility index (Phi) is 5.00. The maximum atomic E-state index is 12.5. The highest BCUT2D eigenvalue weighted by Gasteiger charge is 2.39. The van der Waals surface area contributed by atoms with Crippen LogP contribution in [0.15, 0.2) is 48.5 Å². The summed E-state index contributed by atoms with van der Waals surface area (Å²) in [6.45, 7) is 0.574. The number of amides is 2. The molecule has 1 unspecified atom stereocenters. The SMILES string of the molecule is COc1ccc(N2C(=O)CC(NCCc3ccc(O)cc3)C2=O)cc1. The molecule has 25 heavy (non-hydrogen) atoms. The number of imide groups is 1. The zero-order chi connectivity index (χ0) is 17.8. The van der Waals surface area contributed by atoms with Crippen LogP contribution in [0.5, 0.6) is 11.5 Å². The normalized spacial score (nSPS) is 17.2. The number of rotatable bonds is 6. The fourth-order valence-corrected chi connectivity index (χ4v) is 2.85. The van der Waals surface area contributed by atoms with Crippen molar-refractivity contribution in [1.29, 1.82) is 0 Å². The summed E-state index contributed by atoms with van der Waals surface area (Å²) in [7, 11) is 1.56. The molecule has 1 heterocycles. The van der Waals surface area contributed by atoms with Gasteiger partial charge in [0.1, 0.15) is 11.5 Å². The van der Waals surface area contributed by atoms with Crippen molar-refractivity contribution >= 4 is 17.5 Å². The highest BCUT2D eigenvalue weighted by Crippen LogP contribution is 2.25. The molecule has 2 N–H and O–H groups in total. The minimum atomic E-state index is -0.508. The number of phenolic OH excluding ortho intramolecular Hbond substituents is 1. The number of carbonyl (C=O) groups excluding carboxylic acids is 2. The minimum Gasteiger partial charge on any atom is -0.508 e. The Labute approximate surface area is 146 Å². The molecule has 1 aliphatic rings. The summed E-state index contributed by atoms with van der Waals surface area (Å²) in [6.07, 6.45) is 0.862. The van der Waals surface area contributed by atoms with E-state index in [1.54, 1.807) is 43.5 Å². The second kappa shape index (κ2) is 7.36.